The van der Waals surface area contributed by atoms with Crippen LogP contribution in [0, 0.1) is 0 Å². The van der Waals surface area contributed by atoms with Crippen LogP contribution < -0.4 is 4.74 Å². The molecule has 1 unspecified atom stereocenters. The lowest BCUT2D eigenvalue weighted by Gasteiger charge is -2.08. The molecule has 0 aliphatic heterocycles. The summed E-state index contributed by atoms with van der Waals surface area (Å²) in [4.78, 5) is 0. The van der Waals surface area contributed by atoms with Gasteiger partial charge in [-0.2, -0.15) is 0 Å². The predicted molar refractivity (Wildman–Crippen MR) is 66.8 cm³/mol. The smallest absolute Gasteiger partial charge is 0.119 e. The Bertz CT molecular complexity index is 279. The molecular weight excluding hydrogens is 200 g/mol. The van der Waals surface area contributed by atoms with Crippen molar-refractivity contribution in [3.8, 4) is 5.75 Å². The quantitative estimate of drug-likeness (QED) is 0.767. The molecule has 0 saturated carbocycles. The first-order valence-electron chi connectivity index (χ1n) is 6.16. The van der Waals surface area contributed by atoms with Crippen LogP contribution in [0.4, 0.5) is 0 Å². The van der Waals surface area contributed by atoms with E-state index in [-0.39, 0.29) is 6.10 Å². The second kappa shape index (κ2) is 7.29. The Kier molecular flexibility index (Phi) is 5.94. The lowest BCUT2D eigenvalue weighted by Crippen LogP contribution is -2.05. The molecule has 0 saturated heterocycles. The molecule has 1 atom stereocenters. The Labute approximate surface area is 98.3 Å². The molecule has 0 aliphatic rings. The van der Waals surface area contributed by atoms with E-state index in [0.29, 0.717) is 0 Å². The fourth-order valence-electron chi connectivity index (χ4n) is 1.51. The maximum absolute atomic E-state index is 9.47. The normalized spacial score (nSPS) is 12.4. The SMILES string of the molecule is CCCOc1ccc(CCC(O)CC)cc1. The average molecular weight is 222 g/mol. The molecule has 1 aromatic rings. The highest BCUT2D eigenvalue weighted by molar-refractivity contribution is 5.27. The maximum atomic E-state index is 9.47. The Balaban J connectivity index is 2.38. The van der Waals surface area contributed by atoms with E-state index in [1.54, 1.807) is 0 Å². The molecule has 1 rings (SSSR count). The van der Waals surface area contributed by atoms with E-state index in [9.17, 15) is 5.11 Å². The topological polar surface area (TPSA) is 29.5 Å². The van der Waals surface area contributed by atoms with Crippen LogP contribution in [-0.4, -0.2) is 17.8 Å². The third kappa shape index (κ3) is 4.67. The predicted octanol–water partition coefficient (Wildman–Crippen LogP) is 3.18. The van der Waals surface area contributed by atoms with E-state index < -0.39 is 0 Å². The fraction of sp³-hybridized carbons (Fsp3) is 0.571. The number of rotatable bonds is 7. The first kappa shape index (κ1) is 13.0. The molecule has 0 fully saturated rings. The van der Waals surface area contributed by atoms with Crippen molar-refractivity contribution in [3.63, 3.8) is 0 Å². The van der Waals surface area contributed by atoms with Gasteiger partial charge >= 0.3 is 0 Å². The number of aliphatic hydroxyl groups excluding tert-OH is 1. The van der Waals surface area contributed by atoms with Crippen LogP contribution >= 0.6 is 0 Å². The number of aliphatic hydroxyl groups is 1. The van der Waals surface area contributed by atoms with Crippen LogP contribution in [0.25, 0.3) is 0 Å². The van der Waals surface area contributed by atoms with Crippen molar-refractivity contribution >= 4 is 0 Å². The molecule has 0 amide bonds. The van der Waals surface area contributed by atoms with Crippen molar-refractivity contribution < 1.29 is 9.84 Å². The molecule has 2 nitrogen and oxygen atoms in total. The van der Waals surface area contributed by atoms with Gasteiger partial charge in [-0.3, -0.25) is 0 Å². The largest absolute Gasteiger partial charge is 0.494 e. The minimum absolute atomic E-state index is 0.170. The molecule has 16 heavy (non-hydrogen) atoms. The lowest BCUT2D eigenvalue weighted by molar-refractivity contribution is 0.160. The lowest BCUT2D eigenvalue weighted by atomic mass is 10.1. The maximum Gasteiger partial charge on any atom is 0.119 e. The van der Waals surface area contributed by atoms with Crippen molar-refractivity contribution in [2.24, 2.45) is 0 Å². The molecule has 0 bridgehead atoms. The third-order valence-electron chi connectivity index (χ3n) is 2.63. The molecule has 0 heterocycles. The van der Waals surface area contributed by atoms with Gasteiger partial charge in [-0.05, 0) is 43.4 Å². The molecule has 0 spiro atoms. The summed E-state index contributed by atoms with van der Waals surface area (Å²) in [7, 11) is 0. The summed E-state index contributed by atoms with van der Waals surface area (Å²) in [6.45, 7) is 4.88. The number of aryl methyl sites for hydroxylation is 1. The molecule has 0 aliphatic carbocycles. The Morgan fingerprint density at radius 1 is 1.19 bits per heavy atom. The second-order valence-electron chi connectivity index (χ2n) is 4.09. The number of ether oxygens (including phenoxy) is 1. The van der Waals surface area contributed by atoms with Crippen molar-refractivity contribution in [2.75, 3.05) is 6.61 Å². The second-order valence-corrected chi connectivity index (χ2v) is 4.09. The molecule has 1 aromatic carbocycles. The summed E-state index contributed by atoms with van der Waals surface area (Å²) < 4.78 is 5.51. The van der Waals surface area contributed by atoms with Gasteiger partial charge in [0.1, 0.15) is 5.75 Å². The molecule has 0 radical (unpaired) electrons. The van der Waals surface area contributed by atoms with Gasteiger partial charge in [-0.25, -0.2) is 0 Å². The summed E-state index contributed by atoms with van der Waals surface area (Å²) in [5.41, 5.74) is 1.26. The Morgan fingerprint density at radius 2 is 1.88 bits per heavy atom. The highest BCUT2D eigenvalue weighted by Crippen LogP contribution is 2.14. The van der Waals surface area contributed by atoms with E-state index in [1.165, 1.54) is 5.56 Å². The first-order valence-corrected chi connectivity index (χ1v) is 6.16. The minimum atomic E-state index is -0.170. The highest BCUT2D eigenvalue weighted by Gasteiger charge is 2.01. The van der Waals surface area contributed by atoms with Gasteiger partial charge in [-0.1, -0.05) is 26.0 Å². The van der Waals surface area contributed by atoms with Crippen LogP contribution in [0.3, 0.4) is 0 Å². The van der Waals surface area contributed by atoms with E-state index >= 15 is 0 Å². The molecule has 0 aromatic heterocycles. The Morgan fingerprint density at radius 3 is 2.44 bits per heavy atom. The van der Waals surface area contributed by atoms with Gasteiger partial charge in [0.25, 0.3) is 0 Å². The Hall–Kier alpha value is -1.02. The zero-order valence-corrected chi connectivity index (χ0v) is 10.3. The van der Waals surface area contributed by atoms with E-state index in [4.69, 9.17) is 4.74 Å². The van der Waals surface area contributed by atoms with Gasteiger partial charge in [0.05, 0.1) is 12.7 Å². The molecular formula is C14H22O2. The number of benzene rings is 1. The van der Waals surface area contributed by atoms with Gasteiger partial charge in [0, 0.05) is 0 Å². The average Bonchev–Trinajstić information content (AvgIpc) is 2.34. The van der Waals surface area contributed by atoms with Crippen molar-refractivity contribution in [3.05, 3.63) is 29.8 Å². The van der Waals surface area contributed by atoms with E-state index in [1.807, 2.05) is 19.1 Å². The van der Waals surface area contributed by atoms with E-state index in [0.717, 1.165) is 38.0 Å². The van der Waals surface area contributed by atoms with Crippen molar-refractivity contribution in [2.45, 2.75) is 45.6 Å². The zero-order chi connectivity index (χ0) is 11.8. The molecule has 1 N–H and O–H groups in total. The van der Waals surface area contributed by atoms with Gasteiger partial charge in [-0.15, -0.1) is 0 Å². The molecule has 90 valence electrons. The van der Waals surface area contributed by atoms with Crippen LogP contribution in [0.5, 0.6) is 5.75 Å². The fourth-order valence-corrected chi connectivity index (χ4v) is 1.51. The van der Waals surface area contributed by atoms with Crippen molar-refractivity contribution in [1.82, 2.24) is 0 Å². The van der Waals surface area contributed by atoms with Crippen LogP contribution in [0.2, 0.25) is 0 Å². The number of hydrogen-bond acceptors (Lipinski definition) is 2. The third-order valence-corrected chi connectivity index (χ3v) is 2.63. The minimum Gasteiger partial charge on any atom is -0.494 e. The zero-order valence-electron chi connectivity index (χ0n) is 10.3. The summed E-state index contributed by atoms with van der Waals surface area (Å²) in [6, 6.07) is 8.16. The summed E-state index contributed by atoms with van der Waals surface area (Å²) >= 11 is 0. The van der Waals surface area contributed by atoms with Crippen LogP contribution in [0.15, 0.2) is 24.3 Å². The van der Waals surface area contributed by atoms with Crippen LogP contribution in [-0.2, 0) is 6.42 Å². The summed E-state index contributed by atoms with van der Waals surface area (Å²) in [5, 5.41) is 9.47. The van der Waals surface area contributed by atoms with Crippen LogP contribution in [0.1, 0.15) is 38.7 Å². The van der Waals surface area contributed by atoms with E-state index in [2.05, 4.69) is 19.1 Å². The molecule has 2 heteroatoms. The highest BCUT2D eigenvalue weighted by atomic mass is 16.5. The van der Waals surface area contributed by atoms with Gasteiger partial charge in [0.15, 0.2) is 0 Å². The first-order chi connectivity index (χ1) is 7.76. The summed E-state index contributed by atoms with van der Waals surface area (Å²) in [5.74, 6) is 0.932. The summed E-state index contributed by atoms with van der Waals surface area (Å²) in [6.07, 6.45) is 3.47. The number of hydrogen-bond donors (Lipinski definition) is 1. The van der Waals surface area contributed by atoms with Gasteiger partial charge in [0.2, 0.25) is 0 Å². The van der Waals surface area contributed by atoms with Gasteiger partial charge < -0.3 is 9.84 Å². The standard InChI is InChI=1S/C14H22O2/c1-3-11-16-14-9-6-12(7-10-14)5-8-13(15)4-2/h6-7,9-10,13,15H,3-5,8,11H2,1-2H3. The monoisotopic (exact) mass is 222 g/mol. The van der Waals surface area contributed by atoms with Crippen molar-refractivity contribution in [1.29, 1.82) is 0 Å².